The van der Waals surface area contributed by atoms with Crippen molar-refractivity contribution in [2.24, 2.45) is 5.92 Å². The molecule has 1 aromatic rings. The van der Waals surface area contributed by atoms with Crippen molar-refractivity contribution in [3.63, 3.8) is 0 Å². The van der Waals surface area contributed by atoms with Crippen LogP contribution in [-0.2, 0) is 11.3 Å². The summed E-state index contributed by atoms with van der Waals surface area (Å²) >= 11 is 0. The van der Waals surface area contributed by atoms with Gasteiger partial charge >= 0.3 is 0 Å². The van der Waals surface area contributed by atoms with Crippen LogP contribution in [0.4, 0.5) is 5.82 Å². The van der Waals surface area contributed by atoms with Crippen molar-refractivity contribution < 1.29 is 4.79 Å². The number of allylic oxidation sites excluding steroid dienone is 2. The van der Waals surface area contributed by atoms with Gasteiger partial charge in [0.25, 0.3) is 0 Å². The number of nitrogens with one attached hydrogen (secondary N) is 1. The molecule has 0 radical (unpaired) electrons. The topological polar surface area (TPSA) is 48.5 Å². The van der Waals surface area contributed by atoms with Gasteiger partial charge in [0.1, 0.15) is 5.82 Å². The Morgan fingerprint density at radius 2 is 2.17 bits per heavy atom. The molecular weight excluding hydrogens is 288 g/mol. The van der Waals surface area contributed by atoms with Gasteiger partial charge in [0.15, 0.2) is 0 Å². The number of amides is 1. The van der Waals surface area contributed by atoms with Gasteiger partial charge in [0.2, 0.25) is 5.91 Å². The molecule has 0 aromatic carbocycles. The highest BCUT2D eigenvalue weighted by Crippen LogP contribution is 2.21. The van der Waals surface area contributed by atoms with E-state index in [4.69, 9.17) is 0 Å². The van der Waals surface area contributed by atoms with E-state index in [1.807, 2.05) is 12.3 Å². The number of aromatic nitrogens is 1. The summed E-state index contributed by atoms with van der Waals surface area (Å²) < 4.78 is 0. The summed E-state index contributed by atoms with van der Waals surface area (Å²) in [6, 6.07) is 4.01. The van der Waals surface area contributed by atoms with Crippen LogP contribution in [0.1, 0.15) is 24.8 Å². The zero-order valence-corrected chi connectivity index (χ0v) is 13.9. The number of pyridine rings is 1. The molecule has 0 unspecified atom stereocenters. The second-order valence-electron chi connectivity index (χ2n) is 6.52. The first-order valence-corrected chi connectivity index (χ1v) is 8.53. The van der Waals surface area contributed by atoms with Gasteiger partial charge in [-0.25, -0.2) is 4.98 Å². The number of hydrogen-bond donors (Lipinski definition) is 1. The molecule has 0 saturated carbocycles. The summed E-state index contributed by atoms with van der Waals surface area (Å²) in [6.07, 6.45) is 8.98. The standard InChI is InChI=1S/C18H26N4O/c1-21-9-11-22(12-10-21)18-16(7-4-8-19-18)14-20-17(23)13-15-5-2-3-6-15/h2,4-5,7-8,15H,3,6,9-14H2,1H3,(H,20,23)/t15-/m0/s1. The highest BCUT2D eigenvalue weighted by molar-refractivity contribution is 5.76. The Bertz CT molecular complexity index is 564. The molecule has 5 heteroatoms. The molecule has 1 amide bonds. The van der Waals surface area contributed by atoms with Gasteiger partial charge in [-0.2, -0.15) is 0 Å². The first-order valence-electron chi connectivity index (χ1n) is 8.53. The number of piperazine rings is 1. The van der Waals surface area contributed by atoms with E-state index in [9.17, 15) is 4.79 Å². The van der Waals surface area contributed by atoms with Crippen molar-refractivity contribution in [1.29, 1.82) is 0 Å². The van der Waals surface area contributed by atoms with Gasteiger partial charge < -0.3 is 15.1 Å². The molecule has 1 saturated heterocycles. The molecule has 3 rings (SSSR count). The van der Waals surface area contributed by atoms with E-state index in [1.165, 1.54) is 0 Å². The smallest absolute Gasteiger partial charge is 0.220 e. The van der Waals surface area contributed by atoms with Crippen LogP contribution in [0.5, 0.6) is 0 Å². The van der Waals surface area contributed by atoms with Gasteiger partial charge in [-0.1, -0.05) is 18.2 Å². The van der Waals surface area contributed by atoms with E-state index in [-0.39, 0.29) is 5.91 Å². The fourth-order valence-electron chi connectivity index (χ4n) is 3.24. The van der Waals surface area contributed by atoms with E-state index in [0.29, 0.717) is 18.9 Å². The Labute approximate surface area is 138 Å². The summed E-state index contributed by atoms with van der Waals surface area (Å²) in [7, 11) is 2.15. The van der Waals surface area contributed by atoms with Crippen LogP contribution in [0.2, 0.25) is 0 Å². The van der Waals surface area contributed by atoms with Gasteiger partial charge in [-0.15, -0.1) is 0 Å². The lowest BCUT2D eigenvalue weighted by atomic mass is 10.1. The summed E-state index contributed by atoms with van der Waals surface area (Å²) in [6.45, 7) is 4.64. The largest absolute Gasteiger partial charge is 0.354 e. The number of anilines is 1. The molecule has 2 heterocycles. The van der Waals surface area contributed by atoms with Crippen molar-refractivity contribution in [2.45, 2.75) is 25.8 Å². The SMILES string of the molecule is CN1CCN(c2ncccc2CNC(=O)C[C@H]2C=CCC2)CC1. The zero-order chi connectivity index (χ0) is 16.1. The molecule has 124 valence electrons. The van der Waals surface area contributed by atoms with Crippen LogP contribution in [-0.4, -0.2) is 49.0 Å². The molecule has 2 aliphatic rings. The van der Waals surface area contributed by atoms with Gasteiger partial charge in [-0.05, 0) is 31.9 Å². The Morgan fingerprint density at radius 1 is 1.35 bits per heavy atom. The molecule has 1 atom stereocenters. The Hall–Kier alpha value is -1.88. The molecule has 1 N–H and O–H groups in total. The van der Waals surface area contributed by atoms with Gasteiger partial charge in [0.05, 0.1) is 0 Å². The van der Waals surface area contributed by atoms with Crippen LogP contribution < -0.4 is 10.2 Å². The Morgan fingerprint density at radius 3 is 2.91 bits per heavy atom. The minimum Gasteiger partial charge on any atom is -0.354 e. The van der Waals surface area contributed by atoms with Crippen molar-refractivity contribution in [1.82, 2.24) is 15.2 Å². The normalized spacial score (nSPS) is 21.6. The number of hydrogen-bond acceptors (Lipinski definition) is 4. The molecule has 1 fully saturated rings. The number of carbonyl (C=O) groups is 1. The first-order chi connectivity index (χ1) is 11.2. The molecule has 5 nitrogen and oxygen atoms in total. The summed E-state index contributed by atoms with van der Waals surface area (Å²) in [5.41, 5.74) is 1.10. The van der Waals surface area contributed by atoms with Crippen LogP contribution in [0.3, 0.4) is 0 Å². The molecule has 0 bridgehead atoms. The first kappa shape index (κ1) is 16.0. The Kier molecular flexibility index (Phi) is 5.28. The van der Waals surface area contributed by atoms with Crippen molar-refractivity contribution in [3.05, 3.63) is 36.0 Å². The monoisotopic (exact) mass is 314 g/mol. The van der Waals surface area contributed by atoms with Gasteiger partial charge in [-0.3, -0.25) is 4.79 Å². The molecule has 0 spiro atoms. The third-order valence-electron chi connectivity index (χ3n) is 4.71. The Balaban J connectivity index is 1.57. The van der Waals surface area contributed by atoms with E-state index >= 15 is 0 Å². The fourth-order valence-corrected chi connectivity index (χ4v) is 3.24. The zero-order valence-electron chi connectivity index (χ0n) is 13.9. The second kappa shape index (κ2) is 7.59. The summed E-state index contributed by atoms with van der Waals surface area (Å²) in [5.74, 6) is 1.57. The quantitative estimate of drug-likeness (QED) is 0.842. The van der Waals surface area contributed by atoms with E-state index in [2.05, 4.69) is 45.4 Å². The van der Waals surface area contributed by atoms with E-state index < -0.39 is 0 Å². The predicted octanol–water partition coefficient (Wildman–Crippen LogP) is 1.81. The highest BCUT2D eigenvalue weighted by Gasteiger charge is 2.19. The number of rotatable bonds is 5. The van der Waals surface area contributed by atoms with Crippen molar-refractivity contribution in [3.8, 4) is 0 Å². The third kappa shape index (κ3) is 4.32. The van der Waals surface area contributed by atoms with Gasteiger partial charge in [0, 0.05) is 50.9 Å². The summed E-state index contributed by atoms with van der Waals surface area (Å²) in [5, 5.41) is 3.06. The van der Waals surface area contributed by atoms with Crippen LogP contribution in [0.25, 0.3) is 0 Å². The van der Waals surface area contributed by atoms with Crippen molar-refractivity contribution in [2.75, 3.05) is 38.1 Å². The number of likely N-dealkylation sites (N-methyl/N-ethyl adjacent to an activating group) is 1. The predicted molar refractivity (Wildman–Crippen MR) is 92.3 cm³/mol. The fraction of sp³-hybridized carbons (Fsp3) is 0.556. The van der Waals surface area contributed by atoms with Crippen molar-refractivity contribution >= 4 is 11.7 Å². The highest BCUT2D eigenvalue weighted by atomic mass is 16.1. The maximum absolute atomic E-state index is 12.1. The summed E-state index contributed by atoms with van der Waals surface area (Å²) in [4.78, 5) is 21.3. The number of carbonyl (C=O) groups excluding carboxylic acids is 1. The van der Waals surface area contributed by atoms with E-state index in [1.54, 1.807) is 0 Å². The second-order valence-corrected chi connectivity index (χ2v) is 6.52. The minimum atomic E-state index is 0.134. The molecule has 1 aromatic heterocycles. The lowest BCUT2D eigenvalue weighted by Gasteiger charge is -2.34. The molecule has 23 heavy (non-hydrogen) atoms. The molecular formula is C18H26N4O. The molecule has 1 aliphatic heterocycles. The maximum atomic E-state index is 12.1. The average Bonchev–Trinajstić information content (AvgIpc) is 3.07. The van der Waals surface area contributed by atoms with Crippen LogP contribution >= 0.6 is 0 Å². The van der Waals surface area contributed by atoms with E-state index in [0.717, 1.165) is 50.4 Å². The lowest BCUT2D eigenvalue weighted by molar-refractivity contribution is -0.121. The lowest BCUT2D eigenvalue weighted by Crippen LogP contribution is -2.45. The third-order valence-corrected chi connectivity index (χ3v) is 4.71. The number of nitrogens with zero attached hydrogens (tertiary/aromatic N) is 3. The van der Waals surface area contributed by atoms with Crippen LogP contribution in [0.15, 0.2) is 30.5 Å². The minimum absolute atomic E-state index is 0.134. The maximum Gasteiger partial charge on any atom is 0.220 e. The van der Waals surface area contributed by atoms with Crippen LogP contribution in [0, 0.1) is 5.92 Å². The molecule has 1 aliphatic carbocycles. The average molecular weight is 314 g/mol.